The first-order valence-corrected chi connectivity index (χ1v) is 5.54. The number of nitrogens with one attached hydrogen (secondary N) is 1. The Bertz CT molecular complexity index is 385. The molecule has 5 heteroatoms. The average Bonchev–Trinajstić information content (AvgIpc) is 2.78. The second kappa shape index (κ2) is 5.52. The molecule has 1 rings (SSSR count). The van der Waals surface area contributed by atoms with E-state index < -0.39 is 11.5 Å². The molecule has 1 atom stereocenters. The van der Waals surface area contributed by atoms with Gasteiger partial charge < -0.3 is 14.8 Å². The second-order valence-corrected chi connectivity index (χ2v) is 4.12. The summed E-state index contributed by atoms with van der Waals surface area (Å²) < 4.78 is 5.09. The second-order valence-electron chi connectivity index (χ2n) is 4.12. The molecule has 5 nitrogen and oxygen atoms in total. The highest BCUT2D eigenvalue weighted by molar-refractivity contribution is 5.86. The van der Waals surface area contributed by atoms with Gasteiger partial charge in [-0.2, -0.15) is 0 Å². The number of rotatable bonds is 6. The maximum atomic E-state index is 11.6. The van der Waals surface area contributed by atoms with Crippen LogP contribution in [0.15, 0.2) is 22.8 Å². The molecule has 1 aromatic rings. The van der Waals surface area contributed by atoms with Crippen molar-refractivity contribution in [3.8, 4) is 0 Å². The van der Waals surface area contributed by atoms with Crippen LogP contribution < -0.4 is 5.32 Å². The van der Waals surface area contributed by atoms with E-state index in [1.165, 1.54) is 6.92 Å². The number of hydrogen-bond acceptors (Lipinski definition) is 3. The van der Waals surface area contributed by atoms with Gasteiger partial charge in [-0.05, 0) is 25.5 Å². The normalized spacial score (nSPS) is 14.0. The Morgan fingerprint density at radius 2 is 2.24 bits per heavy atom. The zero-order valence-electron chi connectivity index (χ0n) is 10.0. The first-order valence-electron chi connectivity index (χ1n) is 5.54. The van der Waals surface area contributed by atoms with Gasteiger partial charge in [-0.15, -0.1) is 0 Å². The monoisotopic (exact) mass is 239 g/mol. The summed E-state index contributed by atoms with van der Waals surface area (Å²) in [7, 11) is 0. The van der Waals surface area contributed by atoms with Gasteiger partial charge in [0.05, 0.1) is 6.26 Å². The Balaban J connectivity index is 2.46. The van der Waals surface area contributed by atoms with Gasteiger partial charge in [0.15, 0.2) is 0 Å². The Kier molecular flexibility index (Phi) is 4.31. The first-order chi connectivity index (χ1) is 7.98. The summed E-state index contributed by atoms with van der Waals surface area (Å²) in [6, 6.07) is 3.53. The van der Waals surface area contributed by atoms with Crippen molar-refractivity contribution >= 4 is 11.9 Å². The number of carboxylic acid groups (broad SMARTS) is 1. The molecule has 0 saturated carbocycles. The van der Waals surface area contributed by atoms with Gasteiger partial charge in [0.25, 0.3) is 0 Å². The van der Waals surface area contributed by atoms with Crippen LogP contribution in [-0.2, 0) is 16.0 Å². The first kappa shape index (κ1) is 13.3. The van der Waals surface area contributed by atoms with Crippen molar-refractivity contribution in [1.82, 2.24) is 5.32 Å². The highest BCUT2D eigenvalue weighted by Gasteiger charge is 2.32. The summed E-state index contributed by atoms with van der Waals surface area (Å²) in [6.07, 6.45) is 2.57. The minimum atomic E-state index is -1.19. The number of aliphatic carboxylic acids is 1. The van der Waals surface area contributed by atoms with E-state index >= 15 is 0 Å². The van der Waals surface area contributed by atoms with Crippen LogP contribution in [0, 0.1) is 0 Å². The van der Waals surface area contributed by atoms with Crippen LogP contribution in [0.3, 0.4) is 0 Å². The quantitative estimate of drug-likeness (QED) is 0.789. The molecule has 2 N–H and O–H groups in total. The standard InChI is InChI=1S/C12H17NO4/c1-3-12(2,11(15)16)13-10(14)7-6-9-5-4-8-17-9/h4-5,8H,3,6-7H2,1-2H3,(H,13,14)(H,15,16). The van der Waals surface area contributed by atoms with Crippen molar-refractivity contribution in [3.05, 3.63) is 24.2 Å². The van der Waals surface area contributed by atoms with Gasteiger partial charge in [0.1, 0.15) is 11.3 Å². The molecular formula is C12H17NO4. The fourth-order valence-electron chi connectivity index (χ4n) is 1.35. The maximum absolute atomic E-state index is 11.6. The van der Waals surface area contributed by atoms with E-state index in [1.807, 2.05) is 0 Å². The summed E-state index contributed by atoms with van der Waals surface area (Å²) in [5.74, 6) is -0.590. The molecule has 0 fully saturated rings. The number of aryl methyl sites for hydroxylation is 1. The molecule has 1 heterocycles. The van der Waals surface area contributed by atoms with Crippen LogP contribution in [0.4, 0.5) is 0 Å². The van der Waals surface area contributed by atoms with Crippen LogP contribution in [0.1, 0.15) is 32.4 Å². The molecule has 0 bridgehead atoms. The number of hydrogen-bond donors (Lipinski definition) is 2. The van der Waals surface area contributed by atoms with Crippen LogP contribution in [0.5, 0.6) is 0 Å². The third kappa shape index (κ3) is 3.62. The maximum Gasteiger partial charge on any atom is 0.329 e. The van der Waals surface area contributed by atoms with E-state index in [-0.39, 0.29) is 12.3 Å². The van der Waals surface area contributed by atoms with Crippen molar-refractivity contribution in [3.63, 3.8) is 0 Å². The molecule has 1 unspecified atom stereocenters. The third-order valence-electron chi connectivity index (χ3n) is 2.77. The Morgan fingerprint density at radius 3 is 2.71 bits per heavy atom. The summed E-state index contributed by atoms with van der Waals surface area (Å²) in [4.78, 5) is 22.6. The molecule has 94 valence electrons. The molecule has 0 spiro atoms. The molecule has 0 radical (unpaired) electrons. The molecule has 0 aliphatic rings. The average molecular weight is 239 g/mol. The van der Waals surface area contributed by atoms with E-state index in [0.717, 1.165) is 0 Å². The highest BCUT2D eigenvalue weighted by Crippen LogP contribution is 2.10. The van der Waals surface area contributed by atoms with Crippen molar-refractivity contribution in [2.24, 2.45) is 0 Å². The van der Waals surface area contributed by atoms with Crippen LogP contribution >= 0.6 is 0 Å². The molecule has 1 aromatic heterocycles. The smallest absolute Gasteiger partial charge is 0.329 e. The lowest BCUT2D eigenvalue weighted by atomic mass is 9.99. The van der Waals surface area contributed by atoms with Gasteiger partial charge in [0.2, 0.25) is 5.91 Å². The van der Waals surface area contributed by atoms with Crippen molar-refractivity contribution < 1.29 is 19.1 Å². The molecule has 17 heavy (non-hydrogen) atoms. The van der Waals surface area contributed by atoms with Gasteiger partial charge in [-0.1, -0.05) is 6.92 Å². The molecule has 1 amide bonds. The minimum absolute atomic E-state index is 0.219. The fraction of sp³-hybridized carbons (Fsp3) is 0.500. The van der Waals surface area contributed by atoms with Crippen LogP contribution in [0.25, 0.3) is 0 Å². The number of amides is 1. The number of carbonyl (C=O) groups excluding carboxylic acids is 1. The Morgan fingerprint density at radius 1 is 1.53 bits per heavy atom. The Hall–Kier alpha value is -1.78. The molecule has 0 aromatic carbocycles. The van der Waals surface area contributed by atoms with Crippen LogP contribution in [0.2, 0.25) is 0 Å². The fourth-order valence-corrected chi connectivity index (χ4v) is 1.35. The lowest BCUT2D eigenvalue weighted by Gasteiger charge is -2.24. The van der Waals surface area contributed by atoms with E-state index in [2.05, 4.69) is 5.32 Å². The zero-order valence-corrected chi connectivity index (χ0v) is 10.0. The number of carbonyl (C=O) groups is 2. The van der Waals surface area contributed by atoms with Crippen molar-refractivity contribution in [2.45, 2.75) is 38.6 Å². The topological polar surface area (TPSA) is 79.5 Å². The number of carboxylic acids is 1. The highest BCUT2D eigenvalue weighted by atomic mass is 16.4. The third-order valence-corrected chi connectivity index (χ3v) is 2.77. The van der Waals surface area contributed by atoms with E-state index in [9.17, 15) is 9.59 Å². The van der Waals surface area contributed by atoms with E-state index in [4.69, 9.17) is 9.52 Å². The zero-order chi connectivity index (χ0) is 12.9. The summed E-state index contributed by atoms with van der Waals surface area (Å²) >= 11 is 0. The van der Waals surface area contributed by atoms with Gasteiger partial charge >= 0.3 is 5.97 Å². The summed E-state index contributed by atoms with van der Waals surface area (Å²) in [6.45, 7) is 3.22. The molecular weight excluding hydrogens is 222 g/mol. The molecule has 0 saturated heterocycles. The van der Waals surface area contributed by atoms with Crippen LogP contribution in [-0.4, -0.2) is 22.5 Å². The largest absolute Gasteiger partial charge is 0.480 e. The van der Waals surface area contributed by atoms with Crippen molar-refractivity contribution in [2.75, 3.05) is 0 Å². The van der Waals surface area contributed by atoms with E-state index in [0.29, 0.717) is 18.6 Å². The summed E-state index contributed by atoms with van der Waals surface area (Å²) in [5.41, 5.74) is -1.19. The van der Waals surface area contributed by atoms with Gasteiger partial charge in [0, 0.05) is 12.8 Å². The molecule has 0 aliphatic heterocycles. The summed E-state index contributed by atoms with van der Waals surface area (Å²) in [5, 5.41) is 11.5. The van der Waals surface area contributed by atoms with E-state index in [1.54, 1.807) is 25.3 Å². The lowest BCUT2D eigenvalue weighted by Crippen LogP contribution is -2.51. The lowest BCUT2D eigenvalue weighted by molar-refractivity contribution is -0.147. The predicted molar refractivity (Wildman–Crippen MR) is 61.5 cm³/mol. The van der Waals surface area contributed by atoms with Gasteiger partial charge in [-0.3, -0.25) is 4.79 Å². The Labute approximate surface area is 99.8 Å². The minimum Gasteiger partial charge on any atom is -0.480 e. The van der Waals surface area contributed by atoms with Gasteiger partial charge in [-0.25, -0.2) is 4.79 Å². The predicted octanol–water partition coefficient (Wildman–Crippen LogP) is 1.58. The SMILES string of the molecule is CCC(C)(NC(=O)CCc1ccco1)C(=O)O. The number of furan rings is 1. The van der Waals surface area contributed by atoms with Crippen molar-refractivity contribution in [1.29, 1.82) is 0 Å². The molecule has 0 aliphatic carbocycles.